The molecule has 0 saturated carbocycles. The summed E-state index contributed by atoms with van der Waals surface area (Å²) in [6.45, 7) is 3.54. The van der Waals surface area contributed by atoms with Gasteiger partial charge < -0.3 is 4.57 Å². The van der Waals surface area contributed by atoms with Gasteiger partial charge in [0.05, 0.1) is 11.1 Å². The summed E-state index contributed by atoms with van der Waals surface area (Å²) in [6, 6.07) is 13.5. The molecule has 0 saturated heterocycles. The molecule has 0 radical (unpaired) electrons. The fourth-order valence-electron chi connectivity index (χ4n) is 2.16. The SMILES string of the molecule is C=CC(=O)c1cccnc1-n1ccc2ccccc21. The van der Waals surface area contributed by atoms with Crippen LogP contribution in [0.25, 0.3) is 16.7 Å². The molecular weight excluding hydrogens is 236 g/mol. The van der Waals surface area contributed by atoms with E-state index in [1.165, 1.54) is 6.08 Å². The number of aromatic nitrogens is 2. The zero-order valence-electron chi connectivity index (χ0n) is 10.3. The van der Waals surface area contributed by atoms with E-state index in [-0.39, 0.29) is 5.78 Å². The lowest BCUT2D eigenvalue weighted by atomic mass is 10.1. The number of benzene rings is 1. The minimum absolute atomic E-state index is 0.124. The highest BCUT2D eigenvalue weighted by Crippen LogP contribution is 2.21. The molecule has 0 aliphatic heterocycles. The Morgan fingerprint density at radius 2 is 2.00 bits per heavy atom. The molecule has 0 aliphatic rings. The van der Waals surface area contributed by atoms with Crippen LogP contribution >= 0.6 is 0 Å². The Kier molecular flexibility index (Phi) is 2.72. The number of pyridine rings is 1. The third kappa shape index (κ3) is 1.85. The van der Waals surface area contributed by atoms with Crippen LogP contribution < -0.4 is 0 Å². The summed E-state index contributed by atoms with van der Waals surface area (Å²) in [5.41, 5.74) is 1.58. The number of allylic oxidation sites excluding steroid dienone is 1. The van der Waals surface area contributed by atoms with E-state index in [0.717, 1.165) is 10.9 Å². The van der Waals surface area contributed by atoms with E-state index in [9.17, 15) is 4.79 Å². The maximum Gasteiger partial charge on any atom is 0.188 e. The molecule has 0 bridgehead atoms. The quantitative estimate of drug-likeness (QED) is 0.526. The van der Waals surface area contributed by atoms with Crippen molar-refractivity contribution >= 4 is 16.7 Å². The summed E-state index contributed by atoms with van der Waals surface area (Å²) in [4.78, 5) is 16.2. The summed E-state index contributed by atoms with van der Waals surface area (Å²) in [7, 11) is 0. The Hall–Kier alpha value is -2.68. The van der Waals surface area contributed by atoms with Gasteiger partial charge in [0.15, 0.2) is 5.78 Å². The van der Waals surface area contributed by atoms with Gasteiger partial charge in [0.1, 0.15) is 5.82 Å². The summed E-state index contributed by atoms with van der Waals surface area (Å²) in [5, 5.41) is 1.12. The molecule has 0 unspecified atom stereocenters. The van der Waals surface area contributed by atoms with Crippen molar-refractivity contribution in [1.82, 2.24) is 9.55 Å². The molecular formula is C16H12N2O. The molecule has 3 heteroatoms. The van der Waals surface area contributed by atoms with Crippen molar-refractivity contribution in [2.24, 2.45) is 0 Å². The number of ketones is 1. The molecule has 0 aliphatic carbocycles. The lowest BCUT2D eigenvalue weighted by Crippen LogP contribution is -2.05. The standard InChI is InChI=1S/C16H12N2O/c1-2-15(19)13-7-5-10-17-16(13)18-11-9-12-6-3-4-8-14(12)18/h2-11H,1H2. The number of nitrogens with zero attached hydrogens (tertiary/aromatic N) is 2. The maximum atomic E-state index is 11.9. The molecule has 0 N–H and O–H groups in total. The second kappa shape index (κ2) is 4.53. The van der Waals surface area contributed by atoms with Crippen LogP contribution in [0.4, 0.5) is 0 Å². The Morgan fingerprint density at radius 3 is 2.84 bits per heavy atom. The van der Waals surface area contributed by atoms with E-state index in [1.807, 2.05) is 41.1 Å². The van der Waals surface area contributed by atoms with E-state index in [2.05, 4.69) is 11.6 Å². The van der Waals surface area contributed by atoms with Crippen molar-refractivity contribution in [2.45, 2.75) is 0 Å². The van der Waals surface area contributed by atoms with Gasteiger partial charge in [0, 0.05) is 12.4 Å². The Balaban J connectivity index is 2.27. The highest BCUT2D eigenvalue weighted by atomic mass is 16.1. The molecule has 0 atom stereocenters. The van der Waals surface area contributed by atoms with Crippen LogP contribution in [0.1, 0.15) is 10.4 Å². The monoisotopic (exact) mass is 248 g/mol. The van der Waals surface area contributed by atoms with Gasteiger partial charge >= 0.3 is 0 Å². The number of hydrogen-bond donors (Lipinski definition) is 0. The fraction of sp³-hybridized carbons (Fsp3) is 0. The average molecular weight is 248 g/mol. The molecule has 3 rings (SSSR count). The van der Waals surface area contributed by atoms with Crippen molar-refractivity contribution in [1.29, 1.82) is 0 Å². The summed E-state index contributed by atoms with van der Waals surface area (Å²) in [5.74, 6) is 0.509. The van der Waals surface area contributed by atoms with Gasteiger partial charge in [-0.2, -0.15) is 0 Å². The van der Waals surface area contributed by atoms with Crippen LogP contribution in [0, 0.1) is 0 Å². The zero-order chi connectivity index (χ0) is 13.2. The van der Waals surface area contributed by atoms with E-state index < -0.39 is 0 Å². The minimum atomic E-state index is -0.124. The maximum absolute atomic E-state index is 11.9. The number of carbonyl (C=O) groups excluding carboxylic acids is 1. The Morgan fingerprint density at radius 1 is 1.16 bits per heavy atom. The lowest BCUT2D eigenvalue weighted by Gasteiger charge is -2.08. The van der Waals surface area contributed by atoms with Gasteiger partial charge in [-0.05, 0) is 35.7 Å². The van der Waals surface area contributed by atoms with Crippen molar-refractivity contribution < 1.29 is 4.79 Å². The van der Waals surface area contributed by atoms with Gasteiger partial charge in [0.2, 0.25) is 0 Å². The topological polar surface area (TPSA) is 34.9 Å². The third-order valence-electron chi connectivity index (χ3n) is 3.07. The van der Waals surface area contributed by atoms with E-state index >= 15 is 0 Å². The van der Waals surface area contributed by atoms with Crippen LogP contribution in [0.3, 0.4) is 0 Å². The molecule has 2 aromatic heterocycles. The number of hydrogen-bond acceptors (Lipinski definition) is 2. The predicted octanol–water partition coefficient (Wildman–Crippen LogP) is 3.39. The van der Waals surface area contributed by atoms with Crippen LogP contribution in [0.5, 0.6) is 0 Å². The van der Waals surface area contributed by atoms with Crippen LogP contribution in [-0.2, 0) is 0 Å². The van der Waals surface area contributed by atoms with Crippen LogP contribution in [0.2, 0.25) is 0 Å². The number of para-hydroxylation sites is 1. The first kappa shape index (κ1) is 11.4. The van der Waals surface area contributed by atoms with E-state index in [1.54, 1.807) is 18.3 Å². The molecule has 0 fully saturated rings. The first-order valence-corrected chi connectivity index (χ1v) is 5.99. The second-order valence-corrected chi connectivity index (χ2v) is 4.19. The van der Waals surface area contributed by atoms with Crippen LogP contribution in [-0.4, -0.2) is 15.3 Å². The molecule has 0 spiro atoms. The summed E-state index contributed by atoms with van der Waals surface area (Å²) < 4.78 is 1.92. The number of fused-ring (bicyclic) bond motifs is 1. The second-order valence-electron chi connectivity index (χ2n) is 4.19. The van der Waals surface area contributed by atoms with Gasteiger partial charge in [-0.25, -0.2) is 4.98 Å². The normalized spacial score (nSPS) is 10.5. The Labute approximate surface area is 110 Å². The smallest absolute Gasteiger partial charge is 0.188 e. The molecule has 3 nitrogen and oxygen atoms in total. The molecule has 0 amide bonds. The molecule has 92 valence electrons. The van der Waals surface area contributed by atoms with E-state index in [0.29, 0.717) is 11.4 Å². The van der Waals surface area contributed by atoms with Gasteiger partial charge in [-0.15, -0.1) is 0 Å². The Bertz CT molecular complexity index is 771. The fourth-order valence-corrected chi connectivity index (χ4v) is 2.16. The zero-order valence-corrected chi connectivity index (χ0v) is 10.3. The third-order valence-corrected chi connectivity index (χ3v) is 3.07. The highest BCUT2D eigenvalue weighted by molar-refractivity contribution is 6.06. The highest BCUT2D eigenvalue weighted by Gasteiger charge is 2.12. The molecule has 19 heavy (non-hydrogen) atoms. The first-order valence-electron chi connectivity index (χ1n) is 5.99. The van der Waals surface area contributed by atoms with Gasteiger partial charge in [-0.3, -0.25) is 4.79 Å². The van der Waals surface area contributed by atoms with Gasteiger partial charge in [-0.1, -0.05) is 24.8 Å². The van der Waals surface area contributed by atoms with E-state index in [4.69, 9.17) is 0 Å². The minimum Gasteiger partial charge on any atom is -0.301 e. The summed E-state index contributed by atoms with van der Waals surface area (Å²) in [6.07, 6.45) is 4.92. The first-order chi connectivity index (χ1) is 9.31. The van der Waals surface area contributed by atoms with Crippen LogP contribution in [0.15, 0.2) is 67.5 Å². The predicted molar refractivity (Wildman–Crippen MR) is 75.6 cm³/mol. The van der Waals surface area contributed by atoms with Crippen molar-refractivity contribution in [2.75, 3.05) is 0 Å². The summed E-state index contributed by atoms with van der Waals surface area (Å²) >= 11 is 0. The molecule has 3 aromatic rings. The average Bonchev–Trinajstić information content (AvgIpc) is 2.90. The molecule has 1 aromatic carbocycles. The lowest BCUT2D eigenvalue weighted by molar-refractivity contribution is 0.104. The van der Waals surface area contributed by atoms with Crippen molar-refractivity contribution in [3.8, 4) is 5.82 Å². The van der Waals surface area contributed by atoms with Crippen molar-refractivity contribution in [3.05, 3.63) is 73.1 Å². The van der Waals surface area contributed by atoms with Crippen molar-refractivity contribution in [3.63, 3.8) is 0 Å². The van der Waals surface area contributed by atoms with Gasteiger partial charge in [0.25, 0.3) is 0 Å². The number of rotatable bonds is 3. The number of carbonyl (C=O) groups is 1. The molecule has 2 heterocycles. The largest absolute Gasteiger partial charge is 0.301 e.